The molecular formula is C18H25NO. The Balaban J connectivity index is 1.59. The Bertz CT molecular complexity index is 483. The molecule has 1 aliphatic heterocycles. The van der Waals surface area contributed by atoms with Gasteiger partial charge < -0.3 is 4.90 Å². The lowest BCUT2D eigenvalue weighted by atomic mass is 9.92. The summed E-state index contributed by atoms with van der Waals surface area (Å²) in [6.07, 6.45) is 4.97. The maximum absolute atomic E-state index is 12.5. The predicted octanol–water partition coefficient (Wildman–Crippen LogP) is 3.61. The minimum absolute atomic E-state index is 0.109. The van der Waals surface area contributed by atoms with E-state index in [-0.39, 0.29) is 11.3 Å². The average Bonchev–Trinajstić information content (AvgIpc) is 2.92. The third kappa shape index (κ3) is 2.06. The smallest absolute Gasteiger partial charge is 0.226 e. The van der Waals surface area contributed by atoms with E-state index in [2.05, 4.69) is 43.0 Å². The van der Waals surface area contributed by atoms with Crippen molar-refractivity contribution in [1.29, 1.82) is 0 Å². The van der Waals surface area contributed by atoms with E-state index in [0.29, 0.717) is 11.8 Å². The van der Waals surface area contributed by atoms with Crippen molar-refractivity contribution in [1.82, 2.24) is 4.90 Å². The molecule has 0 bridgehead atoms. The van der Waals surface area contributed by atoms with Crippen LogP contribution in [0.15, 0.2) is 30.3 Å². The molecule has 2 aliphatic rings. The van der Waals surface area contributed by atoms with E-state index in [1.807, 2.05) is 6.07 Å². The maximum atomic E-state index is 12.5. The SMILES string of the molecule is CCCCCCN1CC2C(C1=O)C2(C)c1ccccc1. The zero-order valence-electron chi connectivity index (χ0n) is 12.6. The minimum atomic E-state index is 0.109. The van der Waals surface area contributed by atoms with Crippen LogP contribution in [0.4, 0.5) is 0 Å². The van der Waals surface area contributed by atoms with Crippen LogP contribution in [0.3, 0.4) is 0 Å². The number of carbonyl (C=O) groups is 1. The molecule has 20 heavy (non-hydrogen) atoms. The first-order valence-electron chi connectivity index (χ1n) is 8.04. The van der Waals surface area contributed by atoms with E-state index in [1.165, 1.54) is 31.2 Å². The van der Waals surface area contributed by atoms with Crippen LogP contribution in [-0.4, -0.2) is 23.9 Å². The van der Waals surface area contributed by atoms with Crippen LogP contribution in [0, 0.1) is 11.8 Å². The summed E-state index contributed by atoms with van der Waals surface area (Å²) >= 11 is 0. The number of hydrogen-bond donors (Lipinski definition) is 0. The molecule has 3 unspecified atom stereocenters. The van der Waals surface area contributed by atoms with Crippen LogP contribution in [0.2, 0.25) is 0 Å². The molecule has 1 aliphatic carbocycles. The molecule has 2 fully saturated rings. The zero-order valence-corrected chi connectivity index (χ0v) is 12.6. The van der Waals surface area contributed by atoms with Crippen LogP contribution in [0.5, 0.6) is 0 Å². The lowest BCUT2D eigenvalue weighted by molar-refractivity contribution is -0.130. The molecule has 1 saturated heterocycles. The number of rotatable bonds is 6. The molecule has 1 heterocycles. The van der Waals surface area contributed by atoms with Gasteiger partial charge in [0.15, 0.2) is 0 Å². The van der Waals surface area contributed by atoms with Gasteiger partial charge in [-0.25, -0.2) is 0 Å². The molecule has 0 spiro atoms. The fourth-order valence-corrected chi connectivity index (χ4v) is 3.97. The van der Waals surface area contributed by atoms with Gasteiger partial charge in [0.05, 0.1) is 5.92 Å². The second kappa shape index (κ2) is 5.23. The van der Waals surface area contributed by atoms with Crippen molar-refractivity contribution in [3.8, 4) is 0 Å². The van der Waals surface area contributed by atoms with E-state index in [4.69, 9.17) is 0 Å². The van der Waals surface area contributed by atoms with Crippen LogP contribution in [-0.2, 0) is 10.2 Å². The van der Waals surface area contributed by atoms with E-state index in [0.717, 1.165) is 13.1 Å². The number of fused-ring (bicyclic) bond motifs is 1. The molecule has 0 aromatic heterocycles. The zero-order chi connectivity index (χ0) is 14.2. The number of unbranched alkanes of at least 4 members (excludes halogenated alkanes) is 3. The summed E-state index contributed by atoms with van der Waals surface area (Å²) in [6, 6.07) is 10.6. The Morgan fingerprint density at radius 2 is 1.95 bits per heavy atom. The van der Waals surface area contributed by atoms with Gasteiger partial charge in [0.25, 0.3) is 0 Å². The molecule has 0 N–H and O–H groups in total. The minimum Gasteiger partial charge on any atom is -0.342 e. The Labute approximate surface area is 122 Å². The highest BCUT2D eigenvalue weighted by Crippen LogP contribution is 2.63. The summed E-state index contributed by atoms with van der Waals surface area (Å²) in [5.74, 6) is 1.19. The lowest BCUT2D eigenvalue weighted by Crippen LogP contribution is -2.34. The van der Waals surface area contributed by atoms with Crippen molar-refractivity contribution in [2.75, 3.05) is 13.1 Å². The fraction of sp³-hybridized carbons (Fsp3) is 0.611. The highest BCUT2D eigenvalue weighted by molar-refractivity contribution is 5.88. The predicted molar refractivity (Wildman–Crippen MR) is 81.5 cm³/mol. The molecule has 0 radical (unpaired) electrons. The monoisotopic (exact) mass is 271 g/mol. The average molecular weight is 271 g/mol. The Morgan fingerprint density at radius 1 is 1.20 bits per heavy atom. The van der Waals surface area contributed by atoms with Gasteiger partial charge in [-0.2, -0.15) is 0 Å². The van der Waals surface area contributed by atoms with Crippen molar-refractivity contribution in [3.63, 3.8) is 0 Å². The molecule has 1 aromatic carbocycles. The first-order valence-corrected chi connectivity index (χ1v) is 8.04. The second-order valence-corrected chi connectivity index (χ2v) is 6.58. The highest BCUT2D eigenvalue weighted by atomic mass is 16.2. The van der Waals surface area contributed by atoms with E-state index >= 15 is 0 Å². The van der Waals surface area contributed by atoms with Crippen LogP contribution >= 0.6 is 0 Å². The molecule has 3 rings (SSSR count). The standard InChI is InChI=1S/C18H25NO/c1-3-4-5-9-12-19-13-15-16(17(19)20)18(15,2)14-10-7-6-8-11-14/h6-8,10-11,15-16H,3-5,9,12-13H2,1-2H3. The van der Waals surface area contributed by atoms with Crippen LogP contribution in [0.1, 0.15) is 45.1 Å². The number of likely N-dealkylation sites (tertiary alicyclic amines) is 1. The van der Waals surface area contributed by atoms with Gasteiger partial charge >= 0.3 is 0 Å². The normalized spacial score (nSPS) is 31.5. The summed E-state index contributed by atoms with van der Waals surface area (Å²) in [4.78, 5) is 14.6. The van der Waals surface area contributed by atoms with E-state index in [9.17, 15) is 4.79 Å². The van der Waals surface area contributed by atoms with E-state index in [1.54, 1.807) is 0 Å². The van der Waals surface area contributed by atoms with Gasteiger partial charge in [-0.3, -0.25) is 4.79 Å². The van der Waals surface area contributed by atoms with Crippen molar-refractivity contribution in [2.24, 2.45) is 11.8 Å². The molecule has 1 amide bonds. The quantitative estimate of drug-likeness (QED) is 0.724. The largest absolute Gasteiger partial charge is 0.342 e. The topological polar surface area (TPSA) is 20.3 Å². The summed E-state index contributed by atoms with van der Waals surface area (Å²) in [6.45, 7) is 6.43. The summed E-state index contributed by atoms with van der Waals surface area (Å²) in [5, 5.41) is 0. The fourth-order valence-electron chi connectivity index (χ4n) is 3.97. The van der Waals surface area contributed by atoms with Crippen LogP contribution in [0.25, 0.3) is 0 Å². The molecule has 3 atom stereocenters. The lowest BCUT2D eigenvalue weighted by Gasteiger charge is -2.24. The van der Waals surface area contributed by atoms with Gasteiger partial charge in [0.1, 0.15) is 0 Å². The third-order valence-corrected chi connectivity index (χ3v) is 5.38. The Hall–Kier alpha value is -1.31. The van der Waals surface area contributed by atoms with Crippen LogP contribution < -0.4 is 0 Å². The first-order chi connectivity index (χ1) is 9.69. The van der Waals surface area contributed by atoms with Crippen molar-refractivity contribution >= 4 is 5.91 Å². The highest BCUT2D eigenvalue weighted by Gasteiger charge is 2.70. The molecule has 108 valence electrons. The number of hydrogen-bond acceptors (Lipinski definition) is 1. The van der Waals surface area contributed by atoms with Crippen molar-refractivity contribution < 1.29 is 4.79 Å². The number of benzene rings is 1. The molecule has 2 heteroatoms. The van der Waals surface area contributed by atoms with Crippen molar-refractivity contribution in [3.05, 3.63) is 35.9 Å². The number of carbonyl (C=O) groups excluding carboxylic acids is 1. The van der Waals surface area contributed by atoms with Gasteiger partial charge in [-0.05, 0) is 17.9 Å². The van der Waals surface area contributed by atoms with Gasteiger partial charge in [0, 0.05) is 18.5 Å². The molecular weight excluding hydrogens is 246 g/mol. The molecule has 2 nitrogen and oxygen atoms in total. The van der Waals surface area contributed by atoms with Gasteiger partial charge in [-0.1, -0.05) is 63.4 Å². The summed E-state index contributed by atoms with van der Waals surface area (Å²) < 4.78 is 0. The van der Waals surface area contributed by atoms with Gasteiger partial charge in [0.2, 0.25) is 5.91 Å². The second-order valence-electron chi connectivity index (χ2n) is 6.58. The summed E-state index contributed by atoms with van der Waals surface area (Å²) in [7, 11) is 0. The Morgan fingerprint density at radius 3 is 2.55 bits per heavy atom. The number of nitrogens with zero attached hydrogens (tertiary/aromatic N) is 1. The Kier molecular flexibility index (Phi) is 3.57. The number of piperidine rings is 1. The first kappa shape index (κ1) is 13.7. The number of amides is 1. The van der Waals surface area contributed by atoms with Gasteiger partial charge in [-0.15, -0.1) is 0 Å². The summed E-state index contributed by atoms with van der Waals surface area (Å²) in [5.41, 5.74) is 1.45. The maximum Gasteiger partial charge on any atom is 0.226 e. The third-order valence-electron chi connectivity index (χ3n) is 5.38. The van der Waals surface area contributed by atoms with E-state index < -0.39 is 0 Å². The molecule has 1 saturated carbocycles. The molecule has 1 aromatic rings. The van der Waals surface area contributed by atoms with Crippen molar-refractivity contribution in [2.45, 2.75) is 44.9 Å².